The first-order valence-corrected chi connectivity index (χ1v) is 12.4. The van der Waals surface area contributed by atoms with Crippen LogP contribution in [0, 0.1) is 0 Å². The van der Waals surface area contributed by atoms with Gasteiger partial charge in [0.1, 0.15) is 0 Å². The summed E-state index contributed by atoms with van der Waals surface area (Å²) in [6.45, 7) is 3.65. The molecule has 158 valence electrons. The summed E-state index contributed by atoms with van der Waals surface area (Å²) in [4.78, 5) is 17.4. The van der Waals surface area contributed by atoms with Crippen LogP contribution in [0.1, 0.15) is 50.5 Å². The van der Waals surface area contributed by atoms with Crippen molar-refractivity contribution in [1.82, 2.24) is 10.3 Å². The van der Waals surface area contributed by atoms with Gasteiger partial charge in [-0.15, -0.1) is 11.3 Å². The lowest BCUT2D eigenvalue weighted by Gasteiger charge is -2.28. The van der Waals surface area contributed by atoms with Crippen molar-refractivity contribution in [3.63, 3.8) is 0 Å². The van der Waals surface area contributed by atoms with Gasteiger partial charge in [0.05, 0.1) is 20.9 Å². The van der Waals surface area contributed by atoms with Gasteiger partial charge in [0.15, 0.2) is 9.84 Å². The predicted molar refractivity (Wildman–Crippen MR) is 115 cm³/mol. The number of carbonyl (C=O) groups excluding carboxylic acids is 1. The number of benzene rings is 1. The number of amides is 1. The second-order valence-electron chi connectivity index (χ2n) is 7.74. The van der Waals surface area contributed by atoms with Crippen molar-refractivity contribution in [2.24, 2.45) is 0 Å². The molecule has 1 amide bonds. The zero-order valence-corrected chi connectivity index (χ0v) is 18.5. The smallest absolute Gasteiger partial charge is 0.407 e. The zero-order chi connectivity index (χ0) is 21.2. The van der Waals surface area contributed by atoms with Gasteiger partial charge in [-0.1, -0.05) is 6.07 Å². The fraction of sp³-hybridized carbons (Fsp3) is 0.500. The van der Waals surface area contributed by atoms with Crippen LogP contribution in [-0.2, 0) is 14.6 Å². The number of nitrogens with one attached hydrogen (secondary N) is 1. The van der Waals surface area contributed by atoms with Gasteiger partial charge in [0.25, 0.3) is 0 Å². The van der Waals surface area contributed by atoms with E-state index in [1.807, 2.05) is 13.8 Å². The standard InChI is InChI=1S/C20H27N3O4S2/c1-12(2)27-20(24)23-15-7-4-13(5-8-15)19-22-11-17(28-19)16-9-6-14(21)10-18(16)29(3,25)26/h6,9-13,15H,4-5,7-8,21H2,1-3H3,(H,23,24). The number of carbonyl (C=O) groups is 1. The van der Waals surface area contributed by atoms with Crippen molar-refractivity contribution in [2.45, 2.75) is 62.5 Å². The van der Waals surface area contributed by atoms with Crippen molar-refractivity contribution in [3.8, 4) is 10.4 Å². The van der Waals surface area contributed by atoms with E-state index >= 15 is 0 Å². The lowest BCUT2D eigenvalue weighted by Crippen LogP contribution is -2.38. The molecule has 2 aromatic rings. The van der Waals surface area contributed by atoms with E-state index < -0.39 is 9.84 Å². The van der Waals surface area contributed by atoms with Gasteiger partial charge in [-0.2, -0.15) is 0 Å². The number of aromatic nitrogens is 1. The number of thiazole rings is 1. The molecular weight excluding hydrogens is 410 g/mol. The molecule has 1 heterocycles. The topological polar surface area (TPSA) is 111 Å². The third kappa shape index (κ3) is 5.48. The number of rotatable bonds is 5. The Morgan fingerprint density at radius 1 is 1.28 bits per heavy atom. The zero-order valence-electron chi connectivity index (χ0n) is 16.8. The molecule has 0 saturated heterocycles. The van der Waals surface area contributed by atoms with Crippen molar-refractivity contribution in [3.05, 3.63) is 29.4 Å². The molecule has 3 N–H and O–H groups in total. The average Bonchev–Trinajstić information content (AvgIpc) is 3.10. The number of hydrogen-bond acceptors (Lipinski definition) is 7. The molecule has 1 aromatic heterocycles. The van der Waals surface area contributed by atoms with Crippen LogP contribution in [0.15, 0.2) is 29.3 Å². The fourth-order valence-corrected chi connectivity index (χ4v) is 5.67. The summed E-state index contributed by atoms with van der Waals surface area (Å²) in [5.41, 5.74) is 6.84. The molecular formula is C20H27N3O4S2. The minimum absolute atomic E-state index is 0.117. The van der Waals surface area contributed by atoms with Crippen LogP contribution in [-0.4, -0.2) is 37.9 Å². The minimum Gasteiger partial charge on any atom is -0.447 e. The van der Waals surface area contributed by atoms with Crippen molar-refractivity contribution in [1.29, 1.82) is 0 Å². The monoisotopic (exact) mass is 437 g/mol. The van der Waals surface area contributed by atoms with Crippen molar-refractivity contribution in [2.75, 3.05) is 12.0 Å². The number of nitrogens with zero attached hydrogens (tertiary/aromatic N) is 1. The van der Waals surface area contributed by atoms with Gasteiger partial charge in [0, 0.05) is 35.7 Å². The Morgan fingerprint density at radius 3 is 2.59 bits per heavy atom. The molecule has 1 aliphatic rings. The summed E-state index contributed by atoms with van der Waals surface area (Å²) in [7, 11) is -3.40. The summed E-state index contributed by atoms with van der Waals surface area (Å²) in [6.07, 6.45) is 5.99. The molecule has 0 bridgehead atoms. The van der Waals surface area contributed by atoms with Crippen LogP contribution < -0.4 is 11.1 Å². The molecule has 29 heavy (non-hydrogen) atoms. The Balaban J connectivity index is 1.69. The summed E-state index contributed by atoms with van der Waals surface area (Å²) >= 11 is 1.52. The Morgan fingerprint density at radius 2 is 1.97 bits per heavy atom. The van der Waals surface area contributed by atoms with E-state index in [0.717, 1.165) is 35.6 Å². The Kier molecular flexibility index (Phi) is 6.48. The van der Waals surface area contributed by atoms with Crippen LogP contribution >= 0.6 is 11.3 Å². The summed E-state index contributed by atoms with van der Waals surface area (Å²) in [6, 6.07) is 5.06. The second kappa shape index (κ2) is 8.71. The molecule has 1 saturated carbocycles. The van der Waals surface area contributed by atoms with E-state index in [-0.39, 0.29) is 23.1 Å². The third-order valence-electron chi connectivity index (χ3n) is 4.94. The number of ether oxygens (including phenoxy) is 1. The highest BCUT2D eigenvalue weighted by atomic mass is 32.2. The highest BCUT2D eigenvalue weighted by Crippen LogP contribution is 2.39. The highest BCUT2D eigenvalue weighted by molar-refractivity contribution is 7.90. The molecule has 9 heteroatoms. The predicted octanol–water partition coefficient (Wildman–Crippen LogP) is 3.96. The van der Waals surface area contributed by atoms with Crippen LogP contribution in [0.25, 0.3) is 10.4 Å². The third-order valence-corrected chi connectivity index (χ3v) is 7.27. The second-order valence-corrected chi connectivity index (χ2v) is 10.8. The normalized spacial score (nSPS) is 19.9. The van der Waals surface area contributed by atoms with Crippen LogP contribution in [0.2, 0.25) is 0 Å². The van der Waals surface area contributed by atoms with Crippen molar-refractivity contribution >= 4 is 33.0 Å². The molecule has 1 aliphatic carbocycles. The Bertz CT molecular complexity index is 977. The van der Waals surface area contributed by atoms with E-state index in [0.29, 0.717) is 17.2 Å². The van der Waals surface area contributed by atoms with Gasteiger partial charge in [0.2, 0.25) is 0 Å². The van der Waals surface area contributed by atoms with Crippen LogP contribution in [0.3, 0.4) is 0 Å². The van der Waals surface area contributed by atoms with E-state index in [1.165, 1.54) is 23.7 Å². The molecule has 0 unspecified atom stereocenters. The highest BCUT2D eigenvalue weighted by Gasteiger charge is 2.26. The maximum Gasteiger partial charge on any atom is 0.407 e. The molecule has 0 aliphatic heterocycles. The quantitative estimate of drug-likeness (QED) is 0.685. The number of sulfone groups is 1. The number of nitrogen functional groups attached to an aromatic ring is 1. The van der Waals surface area contributed by atoms with Gasteiger partial charge in [-0.3, -0.25) is 0 Å². The lowest BCUT2D eigenvalue weighted by atomic mass is 9.86. The summed E-state index contributed by atoms with van der Waals surface area (Å²) in [5.74, 6) is 0.309. The molecule has 1 aromatic carbocycles. The van der Waals surface area contributed by atoms with E-state index in [2.05, 4.69) is 10.3 Å². The number of alkyl carbamates (subject to hydrolysis) is 1. The van der Waals surface area contributed by atoms with E-state index in [1.54, 1.807) is 18.3 Å². The van der Waals surface area contributed by atoms with Crippen molar-refractivity contribution < 1.29 is 17.9 Å². The largest absolute Gasteiger partial charge is 0.447 e. The van der Waals surface area contributed by atoms with E-state index in [9.17, 15) is 13.2 Å². The maximum atomic E-state index is 12.2. The van der Waals surface area contributed by atoms with Gasteiger partial charge >= 0.3 is 6.09 Å². The minimum atomic E-state index is -3.40. The van der Waals surface area contributed by atoms with Crippen LogP contribution in [0.5, 0.6) is 0 Å². The van der Waals surface area contributed by atoms with Gasteiger partial charge in [-0.25, -0.2) is 18.2 Å². The molecule has 0 atom stereocenters. The number of hydrogen-bond donors (Lipinski definition) is 2. The summed E-state index contributed by atoms with van der Waals surface area (Å²) in [5, 5.41) is 3.93. The maximum absolute atomic E-state index is 12.2. The van der Waals surface area contributed by atoms with Gasteiger partial charge < -0.3 is 15.8 Å². The summed E-state index contributed by atoms with van der Waals surface area (Å²) < 4.78 is 29.5. The first-order chi connectivity index (χ1) is 13.6. The van der Waals surface area contributed by atoms with Gasteiger partial charge in [-0.05, 0) is 51.7 Å². The fourth-order valence-electron chi connectivity index (χ4n) is 3.55. The Hall–Kier alpha value is -2.13. The average molecular weight is 438 g/mol. The lowest BCUT2D eigenvalue weighted by molar-refractivity contribution is 0.109. The number of anilines is 1. The molecule has 0 spiro atoms. The Labute approximate surface area is 175 Å². The van der Waals surface area contributed by atoms with Crippen LogP contribution in [0.4, 0.5) is 10.5 Å². The SMILES string of the molecule is CC(C)OC(=O)NC1CCC(c2ncc(-c3ccc(N)cc3S(C)(=O)=O)s2)CC1. The molecule has 3 rings (SSSR count). The molecule has 7 nitrogen and oxygen atoms in total. The number of nitrogens with two attached hydrogens (primary N) is 1. The first kappa shape index (κ1) is 21.6. The molecule has 0 radical (unpaired) electrons. The molecule has 1 fully saturated rings. The first-order valence-electron chi connectivity index (χ1n) is 9.66. The van der Waals surface area contributed by atoms with E-state index in [4.69, 9.17) is 10.5 Å².